The fraction of sp³-hybridized carbons (Fsp3) is 0.333. The smallest absolute Gasteiger partial charge is 0.335 e. The van der Waals surface area contributed by atoms with Crippen LogP contribution in [0.4, 0.5) is 5.69 Å². The lowest BCUT2D eigenvalue weighted by Crippen LogP contribution is -2.28. The normalized spacial score (nSPS) is 11.9. The first-order valence-electron chi connectivity index (χ1n) is 5.43. The molecule has 0 saturated heterocycles. The standard InChI is InChI=1S/C12H15ClN2O3/c1-7(6-14-2)11(16)15-10-4-8(12(17)18)3-9(13)5-10/h3-5,7,14H,6H2,1-2H3,(H,15,16)(H,17,18). The van der Waals surface area contributed by atoms with E-state index in [-0.39, 0.29) is 22.4 Å². The zero-order valence-corrected chi connectivity index (χ0v) is 10.9. The maximum Gasteiger partial charge on any atom is 0.335 e. The molecule has 1 aromatic carbocycles. The van der Waals surface area contributed by atoms with Gasteiger partial charge >= 0.3 is 5.97 Å². The monoisotopic (exact) mass is 270 g/mol. The molecule has 1 atom stereocenters. The molecule has 1 rings (SSSR count). The summed E-state index contributed by atoms with van der Waals surface area (Å²) in [6, 6.07) is 4.22. The van der Waals surface area contributed by atoms with E-state index in [1.54, 1.807) is 14.0 Å². The highest BCUT2D eigenvalue weighted by atomic mass is 35.5. The van der Waals surface area contributed by atoms with Crippen LogP contribution in [0.5, 0.6) is 0 Å². The predicted molar refractivity (Wildman–Crippen MR) is 70.1 cm³/mol. The van der Waals surface area contributed by atoms with Gasteiger partial charge in [0.1, 0.15) is 0 Å². The number of carboxylic acid groups (broad SMARTS) is 1. The van der Waals surface area contributed by atoms with Crippen molar-refractivity contribution in [1.29, 1.82) is 0 Å². The number of amides is 1. The summed E-state index contributed by atoms with van der Waals surface area (Å²) in [6.07, 6.45) is 0. The first-order chi connectivity index (χ1) is 8.43. The first kappa shape index (κ1) is 14.5. The molecular formula is C12H15ClN2O3. The number of halogens is 1. The van der Waals surface area contributed by atoms with E-state index >= 15 is 0 Å². The highest BCUT2D eigenvalue weighted by Crippen LogP contribution is 2.19. The Morgan fingerprint density at radius 2 is 2.06 bits per heavy atom. The van der Waals surface area contributed by atoms with Gasteiger partial charge in [0.25, 0.3) is 0 Å². The van der Waals surface area contributed by atoms with Crippen LogP contribution in [0.15, 0.2) is 18.2 Å². The highest BCUT2D eigenvalue weighted by molar-refractivity contribution is 6.31. The Bertz CT molecular complexity index is 463. The minimum atomic E-state index is -1.09. The topological polar surface area (TPSA) is 78.4 Å². The molecule has 6 heteroatoms. The minimum Gasteiger partial charge on any atom is -0.478 e. The van der Waals surface area contributed by atoms with E-state index < -0.39 is 5.97 Å². The highest BCUT2D eigenvalue weighted by Gasteiger charge is 2.13. The van der Waals surface area contributed by atoms with Crippen molar-refractivity contribution in [2.24, 2.45) is 5.92 Å². The number of carboxylic acids is 1. The average molecular weight is 271 g/mol. The van der Waals surface area contributed by atoms with Crippen molar-refractivity contribution in [3.63, 3.8) is 0 Å². The molecule has 1 amide bonds. The molecule has 1 unspecified atom stereocenters. The van der Waals surface area contributed by atoms with Crippen molar-refractivity contribution in [3.8, 4) is 0 Å². The summed E-state index contributed by atoms with van der Waals surface area (Å²) < 4.78 is 0. The van der Waals surface area contributed by atoms with Crippen molar-refractivity contribution in [3.05, 3.63) is 28.8 Å². The lowest BCUT2D eigenvalue weighted by Gasteiger charge is -2.12. The molecule has 0 aliphatic rings. The molecular weight excluding hydrogens is 256 g/mol. The van der Waals surface area contributed by atoms with Crippen LogP contribution in [0.25, 0.3) is 0 Å². The number of carbonyl (C=O) groups excluding carboxylic acids is 1. The Balaban J connectivity index is 2.84. The van der Waals surface area contributed by atoms with E-state index in [9.17, 15) is 9.59 Å². The molecule has 0 aromatic heterocycles. The molecule has 18 heavy (non-hydrogen) atoms. The molecule has 0 aliphatic heterocycles. The summed E-state index contributed by atoms with van der Waals surface area (Å²) in [5, 5.41) is 14.7. The van der Waals surface area contributed by atoms with Crippen molar-refractivity contribution < 1.29 is 14.7 Å². The zero-order valence-electron chi connectivity index (χ0n) is 10.2. The molecule has 0 fully saturated rings. The minimum absolute atomic E-state index is 0.0408. The Labute approximate surface area is 110 Å². The molecule has 0 heterocycles. The van der Waals surface area contributed by atoms with Crippen LogP contribution in [0.2, 0.25) is 5.02 Å². The second kappa shape index (κ2) is 6.37. The van der Waals surface area contributed by atoms with Crippen molar-refractivity contribution in [2.75, 3.05) is 18.9 Å². The second-order valence-corrected chi connectivity index (χ2v) is 4.42. The predicted octanol–water partition coefficient (Wildman–Crippen LogP) is 1.83. The van der Waals surface area contributed by atoms with Crippen LogP contribution in [-0.4, -0.2) is 30.6 Å². The van der Waals surface area contributed by atoms with Gasteiger partial charge in [-0.2, -0.15) is 0 Å². The molecule has 0 saturated carbocycles. The number of rotatable bonds is 5. The summed E-state index contributed by atoms with van der Waals surface area (Å²) >= 11 is 5.79. The summed E-state index contributed by atoms with van der Waals surface area (Å²) in [4.78, 5) is 22.6. The summed E-state index contributed by atoms with van der Waals surface area (Å²) in [6.45, 7) is 2.31. The summed E-state index contributed by atoms with van der Waals surface area (Å²) in [5.74, 6) is -1.50. The molecule has 0 spiro atoms. The zero-order chi connectivity index (χ0) is 13.7. The first-order valence-corrected chi connectivity index (χ1v) is 5.81. The van der Waals surface area contributed by atoms with E-state index in [0.717, 1.165) is 0 Å². The fourth-order valence-corrected chi connectivity index (χ4v) is 1.68. The van der Waals surface area contributed by atoms with Gasteiger partial charge in [-0.3, -0.25) is 4.79 Å². The quantitative estimate of drug-likeness (QED) is 0.763. The number of hydrogen-bond acceptors (Lipinski definition) is 3. The van der Waals surface area contributed by atoms with Gasteiger partial charge in [-0.25, -0.2) is 4.79 Å². The van der Waals surface area contributed by atoms with Crippen molar-refractivity contribution in [1.82, 2.24) is 5.32 Å². The Kier molecular flexibility index (Phi) is 5.12. The van der Waals surface area contributed by atoms with Gasteiger partial charge in [0.15, 0.2) is 0 Å². The van der Waals surface area contributed by atoms with Gasteiger partial charge in [-0.15, -0.1) is 0 Å². The number of nitrogens with one attached hydrogen (secondary N) is 2. The summed E-state index contributed by atoms with van der Waals surface area (Å²) in [7, 11) is 1.76. The third kappa shape index (κ3) is 4.01. The van der Waals surface area contributed by atoms with E-state index in [1.807, 2.05) is 0 Å². The van der Waals surface area contributed by atoms with E-state index in [1.165, 1.54) is 18.2 Å². The molecule has 98 valence electrons. The lowest BCUT2D eigenvalue weighted by molar-refractivity contribution is -0.119. The Morgan fingerprint density at radius 3 is 2.61 bits per heavy atom. The van der Waals surface area contributed by atoms with Crippen molar-refractivity contribution >= 4 is 29.2 Å². The van der Waals surface area contributed by atoms with E-state index in [2.05, 4.69) is 10.6 Å². The van der Waals surface area contributed by atoms with Gasteiger partial charge in [0.05, 0.1) is 5.56 Å². The number of benzene rings is 1. The summed E-state index contributed by atoms with van der Waals surface area (Å²) in [5.41, 5.74) is 0.423. The SMILES string of the molecule is CNCC(C)C(=O)Nc1cc(Cl)cc(C(=O)O)c1. The third-order valence-corrected chi connectivity index (χ3v) is 2.59. The van der Waals surface area contributed by atoms with Gasteiger partial charge in [0, 0.05) is 23.2 Å². The molecule has 0 aliphatic carbocycles. The maximum absolute atomic E-state index is 11.8. The number of anilines is 1. The number of hydrogen-bond donors (Lipinski definition) is 3. The van der Waals surface area contributed by atoms with Crippen LogP contribution in [0, 0.1) is 5.92 Å². The second-order valence-electron chi connectivity index (χ2n) is 3.98. The maximum atomic E-state index is 11.8. The van der Waals surface area contributed by atoms with Crippen LogP contribution in [0.1, 0.15) is 17.3 Å². The average Bonchev–Trinajstić information content (AvgIpc) is 2.28. The Hall–Kier alpha value is -1.59. The van der Waals surface area contributed by atoms with Crippen LogP contribution in [0.3, 0.4) is 0 Å². The van der Waals surface area contributed by atoms with Gasteiger partial charge in [0.2, 0.25) is 5.91 Å². The molecule has 1 aromatic rings. The third-order valence-electron chi connectivity index (χ3n) is 2.37. The lowest BCUT2D eigenvalue weighted by atomic mass is 10.1. The van der Waals surface area contributed by atoms with Crippen LogP contribution in [-0.2, 0) is 4.79 Å². The molecule has 0 bridgehead atoms. The van der Waals surface area contributed by atoms with E-state index in [4.69, 9.17) is 16.7 Å². The molecule has 3 N–H and O–H groups in total. The number of carbonyl (C=O) groups is 2. The van der Waals surface area contributed by atoms with Crippen LogP contribution < -0.4 is 10.6 Å². The molecule has 5 nitrogen and oxygen atoms in total. The van der Waals surface area contributed by atoms with Crippen molar-refractivity contribution in [2.45, 2.75) is 6.92 Å². The van der Waals surface area contributed by atoms with E-state index in [0.29, 0.717) is 12.2 Å². The number of aromatic carboxylic acids is 1. The fourth-order valence-electron chi connectivity index (χ4n) is 1.45. The Morgan fingerprint density at radius 1 is 1.39 bits per heavy atom. The van der Waals surface area contributed by atoms with Gasteiger partial charge < -0.3 is 15.7 Å². The molecule has 0 radical (unpaired) electrons. The van der Waals surface area contributed by atoms with Gasteiger partial charge in [-0.1, -0.05) is 18.5 Å². The van der Waals surface area contributed by atoms with Crippen LogP contribution >= 0.6 is 11.6 Å². The largest absolute Gasteiger partial charge is 0.478 e. The van der Waals surface area contributed by atoms with Gasteiger partial charge in [-0.05, 0) is 25.2 Å².